The molecule has 6 nitrogen and oxygen atoms in total. The van der Waals surface area contributed by atoms with Crippen molar-refractivity contribution < 1.29 is 28.6 Å². The van der Waals surface area contributed by atoms with Crippen molar-refractivity contribution in [3.63, 3.8) is 0 Å². The third kappa shape index (κ3) is 64.6. The van der Waals surface area contributed by atoms with E-state index < -0.39 is 6.10 Å². The molecule has 456 valence electrons. The lowest BCUT2D eigenvalue weighted by atomic mass is 10.0. The highest BCUT2D eigenvalue weighted by Gasteiger charge is 2.19. The molecule has 0 bridgehead atoms. The summed E-state index contributed by atoms with van der Waals surface area (Å²) in [5.41, 5.74) is 0. The maximum absolute atomic E-state index is 12.9. The third-order valence-corrected chi connectivity index (χ3v) is 14.2. The molecule has 1 atom stereocenters. The lowest BCUT2D eigenvalue weighted by Crippen LogP contribution is -2.30. The number of carbonyl (C=O) groups excluding carboxylic acids is 3. The molecule has 0 fully saturated rings. The molecule has 0 N–H and O–H groups in total. The van der Waals surface area contributed by atoms with Crippen LogP contribution in [-0.2, 0) is 28.6 Å². The predicted octanol–water partition coefficient (Wildman–Crippen LogP) is 23.2. The zero-order chi connectivity index (χ0) is 57.8. The Hall–Kier alpha value is -4.19. The van der Waals surface area contributed by atoms with E-state index in [1.165, 1.54) is 135 Å². The quantitative estimate of drug-likeness (QED) is 0.0261. The Morgan fingerprint density at radius 1 is 0.263 bits per heavy atom. The smallest absolute Gasteiger partial charge is 0.306 e. The highest BCUT2D eigenvalue weighted by molar-refractivity contribution is 5.71. The second kappa shape index (κ2) is 67.3. The van der Waals surface area contributed by atoms with Gasteiger partial charge in [-0.25, -0.2) is 0 Å². The molecule has 0 aromatic rings. The molecule has 0 radical (unpaired) electrons. The molecule has 0 aliphatic heterocycles. The number of hydrogen-bond acceptors (Lipinski definition) is 6. The first-order valence-corrected chi connectivity index (χ1v) is 33.5. The van der Waals surface area contributed by atoms with E-state index in [9.17, 15) is 14.4 Å². The number of unbranched alkanes of at least 4 members (excludes halogenated alkanes) is 29. The molecule has 0 spiro atoms. The van der Waals surface area contributed by atoms with Crippen LogP contribution in [0.2, 0.25) is 0 Å². The van der Waals surface area contributed by atoms with Gasteiger partial charge < -0.3 is 14.2 Å². The highest BCUT2D eigenvalue weighted by atomic mass is 16.6. The van der Waals surface area contributed by atoms with Crippen LogP contribution in [0.3, 0.4) is 0 Å². The van der Waals surface area contributed by atoms with Crippen molar-refractivity contribution in [3.05, 3.63) is 122 Å². The summed E-state index contributed by atoms with van der Waals surface area (Å²) in [4.78, 5) is 38.3. The van der Waals surface area contributed by atoms with E-state index in [0.29, 0.717) is 19.3 Å². The van der Waals surface area contributed by atoms with E-state index in [-0.39, 0.29) is 31.1 Å². The molecule has 6 heteroatoms. The molecular weight excluding hydrogens is 985 g/mol. The molecule has 0 amide bonds. The number of esters is 3. The number of hydrogen-bond donors (Lipinski definition) is 0. The Bertz CT molecular complexity index is 1650. The topological polar surface area (TPSA) is 78.9 Å². The van der Waals surface area contributed by atoms with Gasteiger partial charge in [0, 0.05) is 19.3 Å². The summed E-state index contributed by atoms with van der Waals surface area (Å²) >= 11 is 0. The van der Waals surface area contributed by atoms with Gasteiger partial charge in [-0.15, -0.1) is 0 Å². The maximum atomic E-state index is 12.9. The molecule has 0 aliphatic rings. The van der Waals surface area contributed by atoms with Crippen molar-refractivity contribution in [3.8, 4) is 0 Å². The van der Waals surface area contributed by atoms with Crippen molar-refractivity contribution in [1.82, 2.24) is 0 Å². The third-order valence-electron chi connectivity index (χ3n) is 14.2. The lowest BCUT2D eigenvalue weighted by Gasteiger charge is -2.18. The molecule has 80 heavy (non-hydrogen) atoms. The van der Waals surface area contributed by atoms with Crippen LogP contribution >= 0.6 is 0 Å². The number of rotatable bonds is 60. The van der Waals surface area contributed by atoms with Crippen molar-refractivity contribution in [1.29, 1.82) is 0 Å². The van der Waals surface area contributed by atoms with Gasteiger partial charge in [0.15, 0.2) is 6.10 Å². The Morgan fingerprint density at radius 3 is 0.800 bits per heavy atom. The average molecular weight is 1110 g/mol. The predicted molar refractivity (Wildman–Crippen MR) is 348 cm³/mol. The Morgan fingerprint density at radius 2 is 0.487 bits per heavy atom. The largest absolute Gasteiger partial charge is 0.462 e. The van der Waals surface area contributed by atoms with Gasteiger partial charge in [-0.2, -0.15) is 0 Å². The molecular formula is C74H124O6. The second-order valence-electron chi connectivity index (χ2n) is 22.0. The summed E-state index contributed by atoms with van der Waals surface area (Å²) in [5.74, 6) is -0.915. The van der Waals surface area contributed by atoms with Crippen LogP contribution in [-0.4, -0.2) is 37.2 Å². The fraction of sp³-hybridized carbons (Fsp3) is 0.689. The van der Waals surface area contributed by atoms with Crippen molar-refractivity contribution in [2.75, 3.05) is 13.2 Å². The van der Waals surface area contributed by atoms with Crippen LogP contribution in [0.15, 0.2) is 122 Å². The van der Waals surface area contributed by atoms with Gasteiger partial charge in [-0.3, -0.25) is 14.4 Å². The molecule has 0 saturated carbocycles. The van der Waals surface area contributed by atoms with Crippen LogP contribution < -0.4 is 0 Å². The number of carbonyl (C=O) groups is 3. The van der Waals surface area contributed by atoms with Crippen LogP contribution in [0.5, 0.6) is 0 Å². The van der Waals surface area contributed by atoms with Crippen molar-refractivity contribution >= 4 is 17.9 Å². The van der Waals surface area contributed by atoms with E-state index in [0.717, 1.165) is 135 Å². The first-order chi connectivity index (χ1) is 39.5. The minimum absolute atomic E-state index is 0.0907. The van der Waals surface area contributed by atoms with Gasteiger partial charge in [-0.1, -0.05) is 277 Å². The zero-order valence-electron chi connectivity index (χ0n) is 52.3. The summed E-state index contributed by atoms with van der Waals surface area (Å²) in [7, 11) is 0. The molecule has 1 unspecified atom stereocenters. The molecule has 0 saturated heterocycles. The normalized spacial score (nSPS) is 12.9. The van der Waals surface area contributed by atoms with Crippen molar-refractivity contribution in [2.45, 2.75) is 316 Å². The molecule has 0 aromatic carbocycles. The average Bonchev–Trinajstić information content (AvgIpc) is 3.46. The van der Waals surface area contributed by atoms with E-state index in [1.807, 2.05) is 0 Å². The summed E-state index contributed by atoms with van der Waals surface area (Å²) in [5, 5.41) is 0. The Kier molecular flexibility index (Phi) is 63.8. The molecule has 0 rings (SSSR count). The van der Waals surface area contributed by atoms with Crippen LogP contribution in [0, 0.1) is 0 Å². The second-order valence-corrected chi connectivity index (χ2v) is 22.0. The Balaban J connectivity index is 4.36. The van der Waals surface area contributed by atoms with Gasteiger partial charge in [-0.05, 0) is 135 Å². The summed E-state index contributed by atoms with van der Waals surface area (Å²) < 4.78 is 16.9. The highest BCUT2D eigenvalue weighted by Crippen LogP contribution is 2.16. The molecule has 0 aromatic heterocycles. The van der Waals surface area contributed by atoms with E-state index in [4.69, 9.17) is 14.2 Å². The number of allylic oxidation sites excluding steroid dienone is 20. The van der Waals surface area contributed by atoms with Crippen LogP contribution in [0.25, 0.3) is 0 Å². The lowest BCUT2D eigenvalue weighted by molar-refractivity contribution is -0.167. The van der Waals surface area contributed by atoms with Gasteiger partial charge >= 0.3 is 17.9 Å². The Labute approximate surface area is 494 Å². The van der Waals surface area contributed by atoms with Gasteiger partial charge in [0.1, 0.15) is 13.2 Å². The fourth-order valence-corrected chi connectivity index (χ4v) is 9.15. The first-order valence-electron chi connectivity index (χ1n) is 33.5. The van der Waals surface area contributed by atoms with Crippen LogP contribution in [0.1, 0.15) is 310 Å². The first kappa shape index (κ1) is 75.8. The minimum Gasteiger partial charge on any atom is -0.462 e. The summed E-state index contributed by atoms with van der Waals surface area (Å²) in [6.45, 7) is 6.49. The SMILES string of the molecule is CC/C=C\C/C=C\C/C=C\C/C=C\C/C=C\C/C=C\C/C=C\CCCCCCCC(=O)OCC(COC(=O)CCCCCCC/C=C\CCCCC)OC(=O)CCCCCCCCCCCCC/C=C\C/C=C\CCCCCCC. The number of ether oxygens (including phenoxy) is 3. The standard InChI is InChI=1S/C74H124O6/c1-4-7-10-13-16-19-22-25-27-29-31-33-35-36-37-38-40-41-43-45-47-49-52-55-58-61-64-67-73(76)79-70-71(69-78-72(75)66-63-60-57-54-51-24-21-18-15-12-9-6-3)80-74(77)68-65-62-59-56-53-50-48-46-44-42-39-34-32-30-28-26-23-20-17-14-11-8-5-2/h7,10,16,18-19,21,23,25-27,30-33,36-37,40-41,45,47,71H,4-6,8-9,11-15,17,20,22,24,28-29,34-35,38-39,42-44,46,48-70H2,1-3H3/b10-7-,19-16-,21-18-,26-23-,27-25-,32-30-,33-31-,37-36-,41-40-,47-45-. The summed E-state index contributed by atoms with van der Waals surface area (Å²) in [6, 6.07) is 0. The van der Waals surface area contributed by atoms with Gasteiger partial charge in [0.05, 0.1) is 0 Å². The minimum atomic E-state index is -0.795. The fourth-order valence-electron chi connectivity index (χ4n) is 9.15. The zero-order valence-corrected chi connectivity index (χ0v) is 52.3. The van der Waals surface area contributed by atoms with E-state index in [2.05, 4.69) is 142 Å². The maximum Gasteiger partial charge on any atom is 0.306 e. The van der Waals surface area contributed by atoms with Crippen molar-refractivity contribution in [2.24, 2.45) is 0 Å². The van der Waals surface area contributed by atoms with E-state index >= 15 is 0 Å². The monoisotopic (exact) mass is 1110 g/mol. The van der Waals surface area contributed by atoms with Gasteiger partial charge in [0.2, 0.25) is 0 Å². The van der Waals surface area contributed by atoms with Gasteiger partial charge in [0.25, 0.3) is 0 Å². The molecule has 0 heterocycles. The summed E-state index contributed by atoms with van der Waals surface area (Å²) in [6.07, 6.45) is 93.5. The van der Waals surface area contributed by atoms with E-state index in [1.54, 1.807) is 0 Å². The van der Waals surface area contributed by atoms with Crippen LogP contribution in [0.4, 0.5) is 0 Å². The molecule has 0 aliphatic carbocycles.